The first-order valence-corrected chi connectivity index (χ1v) is 10.7. The van der Waals surface area contributed by atoms with Crippen molar-refractivity contribution in [3.8, 4) is 0 Å². The highest BCUT2D eigenvalue weighted by Crippen LogP contribution is 2.28. The third-order valence-electron chi connectivity index (χ3n) is 6.32. The van der Waals surface area contributed by atoms with Crippen LogP contribution in [0.1, 0.15) is 32.9 Å². The number of carbonyl (C=O) groups excluding carboxylic acids is 3. The Morgan fingerprint density at radius 3 is 1.91 bits per heavy atom. The average molecular weight is 430 g/mol. The smallest absolute Gasteiger partial charge is 0.325 e. The molecule has 32 heavy (non-hydrogen) atoms. The Labute approximate surface area is 187 Å². The summed E-state index contributed by atoms with van der Waals surface area (Å²) in [6, 6.07) is 20.5. The molecule has 0 atom stereocenters. The van der Waals surface area contributed by atoms with Gasteiger partial charge in [0.25, 0.3) is 5.91 Å². The van der Waals surface area contributed by atoms with E-state index in [2.05, 4.69) is 5.32 Å². The number of hydrogen-bond donors (Lipinski definition) is 1. The topological polar surface area (TPSA) is 71.4 Å². The van der Waals surface area contributed by atoms with Gasteiger partial charge in [0.1, 0.15) is 5.54 Å². The number of urea groups is 1. The van der Waals surface area contributed by atoms with E-state index >= 15 is 0 Å². The highest BCUT2D eigenvalue weighted by molar-refractivity contribution is 6.11. The third-order valence-corrected chi connectivity index (χ3v) is 6.32. The van der Waals surface area contributed by atoms with Crippen molar-refractivity contribution in [2.45, 2.75) is 32.2 Å². The minimum absolute atomic E-state index is 0.245. The van der Waals surface area contributed by atoms with Gasteiger partial charge in [0.15, 0.2) is 5.78 Å². The number of aryl methyl sites for hydroxylation is 1. The molecule has 0 aliphatic carbocycles. The number of rotatable bonds is 7. The van der Waals surface area contributed by atoms with Gasteiger partial charge < -0.3 is 9.88 Å². The molecule has 3 amide bonds. The molecule has 0 spiro atoms. The number of carbonyl (C=O) groups is 3. The molecule has 2 heterocycles. The minimum Gasteiger partial charge on any atom is -0.351 e. The van der Waals surface area contributed by atoms with Crippen molar-refractivity contribution in [1.29, 1.82) is 0 Å². The Kier molecular flexibility index (Phi) is 5.70. The summed E-state index contributed by atoms with van der Waals surface area (Å²) in [6.07, 6.45) is 0.697. The van der Waals surface area contributed by atoms with Gasteiger partial charge >= 0.3 is 6.03 Å². The highest BCUT2D eigenvalue weighted by atomic mass is 16.2. The molecule has 1 aliphatic heterocycles. The maximum atomic E-state index is 13.7. The monoisotopic (exact) mass is 429 g/mol. The summed E-state index contributed by atoms with van der Waals surface area (Å²) in [5, 5.41) is 2.93. The number of nitrogens with one attached hydrogen (secondary N) is 1. The zero-order valence-corrected chi connectivity index (χ0v) is 18.6. The summed E-state index contributed by atoms with van der Waals surface area (Å²) in [5.41, 5.74) is 3.06. The van der Waals surface area contributed by atoms with Gasteiger partial charge in [0.05, 0.1) is 6.54 Å². The van der Waals surface area contributed by atoms with E-state index in [1.807, 2.05) is 86.1 Å². The molecular formula is C26H27N3O3. The maximum absolute atomic E-state index is 13.7. The van der Waals surface area contributed by atoms with E-state index in [-0.39, 0.29) is 18.2 Å². The molecule has 1 aromatic heterocycles. The van der Waals surface area contributed by atoms with E-state index in [9.17, 15) is 14.4 Å². The summed E-state index contributed by atoms with van der Waals surface area (Å²) in [6.45, 7) is 3.50. The van der Waals surface area contributed by atoms with Gasteiger partial charge in [-0.05, 0) is 31.0 Å². The lowest BCUT2D eigenvalue weighted by Crippen LogP contribution is -2.51. The van der Waals surface area contributed by atoms with Crippen LogP contribution in [0.15, 0.2) is 66.7 Å². The average Bonchev–Trinajstić information content (AvgIpc) is 3.17. The molecule has 0 saturated carbocycles. The number of hydrogen-bond acceptors (Lipinski definition) is 3. The molecule has 4 rings (SSSR count). The van der Waals surface area contributed by atoms with Crippen LogP contribution < -0.4 is 5.32 Å². The first-order chi connectivity index (χ1) is 15.3. The molecule has 1 saturated heterocycles. The van der Waals surface area contributed by atoms with Crippen LogP contribution >= 0.6 is 0 Å². The number of benzene rings is 2. The molecule has 1 fully saturated rings. The minimum atomic E-state index is -1.14. The lowest BCUT2D eigenvalue weighted by molar-refractivity contribution is -0.131. The number of ketones is 1. The van der Waals surface area contributed by atoms with E-state index in [1.165, 1.54) is 0 Å². The molecule has 0 radical (unpaired) electrons. The number of amides is 3. The zero-order valence-electron chi connectivity index (χ0n) is 18.6. The van der Waals surface area contributed by atoms with Crippen LogP contribution in [0.4, 0.5) is 4.79 Å². The van der Waals surface area contributed by atoms with Crippen LogP contribution in [-0.2, 0) is 24.7 Å². The molecule has 6 heteroatoms. The van der Waals surface area contributed by atoms with Crippen LogP contribution in [0.5, 0.6) is 0 Å². The first kappa shape index (κ1) is 21.6. The van der Waals surface area contributed by atoms with Crippen molar-refractivity contribution in [3.63, 3.8) is 0 Å². The van der Waals surface area contributed by atoms with Crippen molar-refractivity contribution in [2.24, 2.45) is 7.05 Å². The number of Topliss-reactive ketones (excluding diaryl/α,β-unsaturated/α-hetero) is 1. The zero-order chi connectivity index (χ0) is 22.9. The summed E-state index contributed by atoms with van der Waals surface area (Å²) in [4.78, 5) is 40.7. The summed E-state index contributed by atoms with van der Waals surface area (Å²) in [7, 11) is 1.89. The van der Waals surface area contributed by atoms with E-state index in [0.717, 1.165) is 27.4 Å². The van der Waals surface area contributed by atoms with Gasteiger partial charge in [0.2, 0.25) is 0 Å². The fraction of sp³-hybridized carbons (Fsp3) is 0.269. The van der Waals surface area contributed by atoms with Gasteiger partial charge in [-0.3, -0.25) is 14.5 Å². The van der Waals surface area contributed by atoms with Crippen LogP contribution in [0.3, 0.4) is 0 Å². The Morgan fingerprint density at radius 2 is 1.44 bits per heavy atom. The van der Waals surface area contributed by atoms with Crippen molar-refractivity contribution in [2.75, 3.05) is 6.54 Å². The number of nitrogens with zero attached hydrogens (tertiary/aromatic N) is 2. The molecule has 0 unspecified atom stereocenters. The summed E-state index contributed by atoms with van der Waals surface area (Å²) < 4.78 is 1.92. The van der Waals surface area contributed by atoms with Crippen molar-refractivity contribution in [1.82, 2.24) is 14.8 Å². The van der Waals surface area contributed by atoms with Crippen LogP contribution in [-0.4, -0.2) is 39.3 Å². The number of aromatic nitrogens is 1. The second-order valence-electron chi connectivity index (χ2n) is 8.50. The summed E-state index contributed by atoms with van der Waals surface area (Å²) in [5.74, 6) is -0.612. The number of imide groups is 1. The fourth-order valence-electron chi connectivity index (χ4n) is 4.38. The molecule has 6 nitrogen and oxygen atoms in total. The third kappa shape index (κ3) is 3.96. The van der Waals surface area contributed by atoms with Gasteiger partial charge in [-0.25, -0.2) is 4.79 Å². The molecule has 2 aromatic carbocycles. The van der Waals surface area contributed by atoms with Crippen molar-refractivity contribution < 1.29 is 14.4 Å². The van der Waals surface area contributed by atoms with E-state index in [0.29, 0.717) is 18.4 Å². The summed E-state index contributed by atoms with van der Waals surface area (Å²) >= 11 is 0. The van der Waals surface area contributed by atoms with E-state index < -0.39 is 11.6 Å². The molecule has 3 aromatic rings. The second-order valence-corrected chi connectivity index (χ2v) is 8.50. The van der Waals surface area contributed by atoms with Gasteiger partial charge in [0, 0.05) is 36.8 Å². The van der Waals surface area contributed by atoms with Crippen LogP contribution in [0, 0.1) is 13.8 Å². The Bertz CT molecular complexity index is 1120. The molecule has 164 valence electrons. The van der Waals surface area contributed by atoms with E-state index in [1.54, 1.807) is 6.07 Å². The fourth-order valence-corrected chi connectivity index (χ4v) is 4.38. The Morgan fingerprint density at radius 1 is 0.906 bits per heavy atom. The Hall–Kier alpha value is -3.67. The first-order valence-electron chi connectivity index (χ1n) is 10.7. The predicted molar refractivity (Wildman–Crippen MR) is 122 cm³/mol. The van der Waals surface area contributed by atoms with Crippen LogP contribution in [0.25, 0.3) is 0 Å². The molecular weight excluding hydrogens is 402 g/mol. The normalized spacial score (nSPS) is 15.2. The van der Waals surface area contributed by atoms with Crippen molar-refractivity contribution >= 4 is 17.7 Å². The quantitative estimate of drug-likeness (QED) is 0.461. The standard InChI is InChI=1S/C26H27N3O3/c1-18-14-22(19(2)28(18)3)23(30)17-29-24(31)26(27-25(29)32,15-20-10-6-4-7-11-20)16-21-12-8-5-9-13-21/h4-14H,15-17H2,1-3H3,(H,27,32). The van der Waals surface area contributed by atoms with Gasteiger partial charge in [-0.1, -0.05) is 60.7 Å². The van der Waals surface area contributed by atoms with Gasteiger partial charge in [-0.2, -0.15) is 0 Å². The molecule has 1 N–H and O–H groups in total. The Balaban J connectivity index is 1.64. The van der Waals surface area contributed by atoms with Crippen LogP contribution in [0.2, 0.25) is 0 Å². The largest absolute Gasteiger partial charge is 0.351 e. The van der Waals surface area contributed by atoms with E-state index in [4.69, 9.17) is 0 Å². The maximum Gasteiger partial charge on any atom is 0.325 e. The lowest BCUT2D eigenvalue weighted by atomic mass is 9.84. The predicted octanol–water partition coefficient (Wildman–Crippen LogP) is 3.60. The SMILES string of the molecule is Cc1cc(C(=O)CN2C(=O)NC(Cc3ccccc3)(Cc3ccccc3)C2=O)c(C)n1C. The molecule has 0 bridgehead atoms. The lowest BCUT2D eigenvalue weighted by Gasteiger charge is -2.27. The highest BCUT2D eigenvalue weighted by Gasteiger charge is 2.51. The van der Waals surface area contributed by atoms with Gasteiger partial charge in [-0.15, -0.1) is 0 Å². The second kappa shape index (κ2) is 8.46. The van der Waals surface area contributed by atoms with Crippen molar-refractivity contribution in [3.05, 3.63) is 94.8 Å². The molecule has 1 aliphatic rings.